The summed E-state index contributed by atoms with van der Waals surface area (Å²) in [7, 11) is 0. The second-order valence-corrected chi connectivity index (χ2v) is 7.00. The molecule has 0 aromatic carbocycles. The van der Waals surface area contributed by atoms with Crippen molar-refractivity contribution in [2.75, 3.05) is 25.0 Å². The molecule has 0 bridgehead atoms. The fourth-order valence-electron chi connectivity index (χ4n) is 2.73. The number of thiazole rings is 1. The fraction of sp³-hybridized carbons (Fsp3) is 0.500. The van der Waals surface area contributed by atoms with Gasteiger partial charge >= 0.3 is 0 Å². The van der Waals surface area contributed by atoms with E-state index in [-0.39, 0.29) is 18.1 Å². The molecule has 7 nitrogen and oxygen atoms in total. The quantitative estimate of drug-likeness (QED) is 0.873. The number of rotatable bonds is 5. The number of carbonyl (C=O) groups excluding carboxylic acids is 1. The molecule has 9 heteroatoms. The summed E-state index contributed by atoms with van der Waals surface area (Å²) in [5.41, 5.74) is 0. The van der Waals surface area contributed by atoms with Crippen LogP contribution in [0.5, 0.6) is 0 Å². The molecular formula is C16H20FN5O2S. The number of nitrogens with one attached hydrogen (secondary N) is 1. The van der Waals surface area contributed by atoms with Crippen molar-refractivity contribution in [1.29, 1.82) is 0 Å². The number of aromatic nitrogens is 3. The SMILES string of the molecule is CC(=O)Nc1ncc([C@H](C)N2CCO[C@H](Cc3ncc(F)cn3)C2)s1. The highest BCUT2D eigenvalue weighted by atomic mass is 32.1. The third kappa shape index (κ3) is 4.77. The van der Waals surface area contributed by atoms with Crippen molar-refractivity contribution in [2.24, 2.45) is 0 Å². The predicted molar refractivity (Wildman–Crippen MR) is 91.8 cm³/mol. The van der Waals surface area contributed by atoms with E-state index in [1.54, 1.807) is 6.20 Å². The predicted octanol–water partition coefficient (Wildman–Crippen LogP) is 2.04. The maximum absolute atomic E-state index is 12.9. The van der Waals surface area contributed by atoms with Crippen LogP contribution >= 0.6 is 11.3 Å². The lowest BCUT2D eigenvalue weighted by Gasteiger charge is -2.36. The first kappa shape index (κ1) is 17.8. The largest absolute Gasteiger partial charge is 0.375 e. The summed E-state index contributed by atoms with van der Waals surface area (Å²) >= 11 is 1.48. The number of hydrogen-bond donors (Lipinski definition) is 1. The summed E-state index contributed by atoms with van der Waals surface area (Å²) in [6.45, 7) is 5.74. The van der Waals surface area contributed by atoms with Gasteiger partial charge in [0.15, 0.2) is 10.9 Å². The van der Waals surface area contributed by atoms with Crippen molar-refractivity contribution in [3.8, 4) is 0 Å². The standard InChI is InChI=1S/C16H20FN5O2S/c1-10(14-8-20-16(25-14)21-11(2)23)22-3-4-24-13(9-22)5-15-18-6-12(17)7-19-15/h6-8,10,13H,3-5,9H2,1-2H3,(H,20,21,23)/t10-,13+/m0/s1. The van der Waals surface area contributed by atoms with Crippen molar-refractivity contribution in [2.45, 2.75) is 32.4 Å². The average Bonchev–Trinajstić information content (AvgIpc) is 3.04. The van der Waals surface area contributed by atoms with Crippen LogP contribution in [0.1, 0.15) is 30.6 Å². The van der Waals surface area contributed by atoms with E-state index < -0.39 is 5.82 Å². The number of hydrogen-bond acceptors (Lipinski definition) is 7. The van der Waals surface area contributed by atoms with Crippen LogP contribution in [0.3, 0.4) is 0 Å². The Hall–Kier alpha value is -1.97. The topological polar surface area (TPSA) is 80.2 Å². The number of halogens is 1. The lowest BCUT2D eigenvalue weighted by atomic mass is 10.1. The van der Waals surface area contributed by atoms with Crippen molar-refractivity contribution in [3.05, 3.63) is 35.1 Å². The Kier molecular flexibility index (Phi) is 5.67. The number of ether oxygens (including phenoxy) is 1. The Balaban J connectivity index is 1.61. The molecule has 2 atom stereocenters. The molecule has 0 radical (unpaired) electrons. The van der Waals surface area contributed by atoms with Gasteiger partial charge in [-0.05, 0) is 6.92 Å². The van der Waals surface area contributed by atoms with Gasteiger partial charge in [0, 0.05) is 43.5 Å². The monoisotopic (exact) mass is 365 g/mol. The van der Waals surface area contributed by atoms with Gasteiger partial charge in [-0.25, -0.2) is 19.3 Å². The highest BCUT2D eigenvalue weighted by Gasteiger charge is 2.27. The summed E-state index contributed by atoms with van der Waals surface area (Å²) in [4.78, 5) is 26.8. The van der Waals surface area contributed by atoms with Crippen LogP contribution in [0, 0.1) is 5.82 Å². The third-order valence-corrected chi connectivity index (χ3v) is 5.10. The Morgan fingerprint density at radius 1 is 1.44 bits per heavy atom. The lowest BCUT2D eigenvalue weighted by molar-refractivity contribution is -0.114. The number of nitrogens with zero attached hydrogens (tertiary/aromatic N) is 4. The maximum Gasteiger partial charge on any atom is 0.223 e. The first-order valence-electron chi connectivity index (χ1n) is 8.06. The van der Waals surface area contributed by atoms with E-state index in [9.17, 15) is 9.18 Å². The van der Waals surface area contributed by atoms with E-state index in [1.165, 1.54) is 30.7 Å². The maximum atomic E-state index is 12.9. The van der Waals surface area contributed by atoms with Gasteiger partial charge in [0.25, 0.3) is 0 Å². The van der Waals surface area contributed by atoms with Crippen LogP contribution in [0.25, 0.3) is 0 Å². The van der Waals surface area contributed by atoms with Crippen molar-refractivity contribution in [3.63, 3.8) is 0 Å². The van der Waals surface area contributed by atoms with Crippen molar-refractivity contribution in [1.82, 2.24) is 19.9 Å². The molecule has 2 aromatic rings. The van der Waals surface area contributed by atoms with Gasteiger partial charge in [0.1, 0.15) is 5.82 Å². The Labute approximate surface area is 149 Å². The molecule has 1 amide bonds. The molecule has 25 heavy (non-hydrogen) atoms. The molecule has 0 unspecified atom stereocenters. The molecule has 0 saturated carbocycles. The number of anilines is 1. The zero-order valence-corrected chi connectivity index (χ0v) is 14.9. The molecule has 3 rings (SSSR count). The Morgan fingerprint density at radius 3 is 2.92 bits per heavy atom. The molecule has 2 aromatic heterocycles. The van der Waals surface area contributed by atoms with E-state index >= 15 is 0 Å². The molecule has 1 saturated heterocycles. The van der Waals surface area contributed by atoms with E-state index in [0.717, 1.165) is 18.0 Å². The first-order chi connectivity index (χ1) is 12.0. The van der Waals surface area contributed by atoms with Gasteiger partial charge in [-0.3, -0.25) is 9.69 Å². The minimum absolute atomic E-state index is 0.0376. The summed E-state index contributed by atoms with van der Waals surface area (Å²) in [6, 6.07) is 0.167. The first-order valence-corrected chi connectivity index (χ1v) is 8.88. The van der Waals surface area contributed by atoms with Crippen LogP contribution in [0.2, 0.25) is 0 Å². The zero-order chi connectivity index (χ0) is 17.8. The number of amides is 1. The fourth-order valence-corrected chi connectivity index (χ4v) is 3.68. The summed E-state index contributed by atoms with van der Waals surface area (Å²) in [5, 5.41) is 3.32. The van der Waals surface area contributed by atoms with Crippen LogP contribution in [0.15, 0.2) is 18.6 Å². The number of morpholine rings is 1. The van der Waals surface area contributed by atoms with Gasteiger partial charge < -0.3 is 10.1 Å². The molecule has 1 aliphatic heterocycles. The highest BCUT2D eigenvalue weighted by Crippen LogP contribution is 2.29. The zero-order valence-electron chi connectivity index (χ0n) is 14.1. The van der Waals surface area contributed by atoms with E-state index in [1.807, 2.05) is 0 Å². The summed E-state index contributed by atoms with van der Waals surface area (Å²) in [5.74, 6) is 0.00894. The Bertz CT molecular complexity index is 724. The van der Waals surface area contributed by atoms with Crippen LogP contribution in [0.4, 0.5) is 9.52 Å². The Morgan fingerprint density at radius 2 is 2.20 bits per heavy atom. The normalized spacial score (nSPS) is 19.6. The van der Waals surface area contributed by atoms with Crippen molar-refractivity contribution < 1.29 is 13.9 Å². The van der Waals surface area contributed by atoms with Gasteiger partial charge in [0.05, 0.1) is 25.1 Å². The molecule has 1 fully saturated rings. The molecule has 0 aliphatic carbocycles. The second kappa shape index (κ2) is 7.94. The van der Waals surface area contributed by atoms with Gasteiger partial charge in [-0.2, -0.15) is 0 Å². The lowest BCUT2D eigenvalue weighted by Crippen LogP contribution is -2.44. The smallest absolute Gasteiger partial charge is 0.223 e. The van der Waals surface area contributed by atoms with Gasteiger partial charge in [-0.1, -0.05) is 0 Å². The average molecular weight is 365 g/mol. The number of carbonyl (C=O) groups is 1. The van der Waals surface area contributed by atoms with E-state index in [4.69, 9.17) is 4.74 Å². The second-order valence-electron chi connectivity index (χ2n) is 5.93. The molecule has 0 spiro atoms. The molecule has 134 valence electrons. The third-order valence-electron chi connectivity index (χ3n) is 4.02. The molecule has 1 N–H and O–H groups in total. The van der Waals surface area contributed by atoms with Crippen LogP contribution in [-0.2, 0) is 16.0 Å². The highest BCUT2D eigenvalue weighted by molar-refractivity contribution is 7.15. The summed E-state index contributed by atoms with van der Waals surface area (Å²) < 4.78 is 18.7. The molecule has 1 aliphatic rings. The molecule has 3 heterocycles. The van der Waals surface area contributed by atoms with Crippen LogP contribution in [-0.4, -0.2) is 51.6 Å². The minimum Gasteiger partial charge on any atom is -0.375 e. The van der Waals surface area contributed by atoms with Gasteiger partial charge in [-0.15, -0.1) is 11.3 Å². The van der Waals surface area contributed by atoms with Crippen molar-refractivity contribution >= 4 is 22.4 Å². The van der Waals surface area contributed by atoms with E-state index in [0.29, 0.717) is 24.0 Å². The minimum atomic E-state index is -0.441. The molecular weight excluding hydrogens is 345 g/mol. The summed E-state index contributed by atoms with van der Waals surface area (Å²) in [6.07, 6.45) is 4.65. The van der Waals surface area contributed by atoms with Gasteiger partial charge in [0.2, 0.25) is 5.91 Å². The van der Waals surface area contributed by atoms with E-state index in [2.05, 4.69) is 32.1 Å². The van der Waals surface area contributed by atoms with Crippen LogP contribution < -0.4 is 5.32 Å².